The van der Waals surface area contributed by atoms with Crippen molar-refractivity contribution in [1.29, 1.82) is 0 Å². The number of hydrogen-bond donors (Lipinski definition) is 4. The van der Waals surface area contributed by atoms with Gasteiger partial charge in [0.25, 0.3) is 5.91 Å². The average Bonchev–Trinajstić information content (AvgIpc) is 3.06. The summed E-state index contributed by atoms with van der Waals surface area (Å²) < 4.78 is 11.6. The first-order valence-electron chi connectivity index (χ1n) is 15.1. The Hall–Kier alpha value is -5.29. The molecule has 46 heavy (non-hydrogen) atoms. The second kappa shape index (κ2) is 14.2. The Morgan fingerprint density at radius 1 is 1.00 bits per heavy atom. The number of aliphatic hydroxyl groups is 1. The zero-order chi connectivity index (χ0) is 32.8. The van der Waals surface area contributed by atoms with E-state index in [0.29, 0.717) is 28.6 Å². The summed E-state index contributed by atoms with van der Waals surface area (Å²) in [6, 6.07) is 24.1. The fourth-order valence-electron chi connectivity index (χ4n) is 5.38. The molecule has 0 aliphatic carbocycles. The molecule has 4 aromatic carbocycles. The Labute approximate surface area is 268 Å². The van der Waals surface area contributed by atoms with Crippen LogP contribution in [0.2, 0.25) is 0 Å². The molecule has 3 atom stereocenters. The van der Waals surface area contributed by atoms with E-state index in [1.807, 2.05) is 49.4 Å². The van der Waals surface area contributed by atoms with Gasteiger partial charge in [0, 0.05) is 36.3 Å². The number of amides is 5. The van der Waals surface area contributed by atoms with Gasteiger partial charge in [-0.3, -0.25) is 4.79 Å². The third-order valence-electron chi connectivity index (χ3n) is 8.10. The maximum Gasteiger partial charge on any atom is 0.323 e. The number of urea groups is 2. The Morgan fingerprint density at radius 2 is 1.72 bits per heavy atom. The molecule has 11 nitrogen and oxygen atoms in total. The van der Waals surface area contributed by atoms with Crippen molar-refractivity contribution >= 4 is 45.8 Å². The van der Waals surface area contributed by atoms with Gasteiger partial charge in [-0.2, -0.15) is 0 Å². The number of carbonyl (C=O) groups excluding carboxylic acids is 3. The van der Waals surface area contributed by atoms with E-state index in [4.69, 9.17) is 9.47 Å². The van der Waals surface area contributed by atoms with Gasteiger partial charge in [0.2, 0.25) is 0 Å². The molecule has 0 unspecified atom stereocenters. The van der Waals surface area contributed by atoms with Gasteiger partial charge in [0.05, 0.1) is 37.6 Å². The van der Waals surface area contributed by atoms with E-state index >= 15 is 0 Å². The van der Waals surface area contributed by atoms with Gasteiger partial charge in [-0.15, -0.1) is 0 Å². The van der Waals surface area contributed by atoms with Crippen LogP contribution < -0.4 is 25.4 Å². The lowest BCUT2D eigenvalue weighted by molar-refractivity contribution is 0.0371. The number of likely N-dealkylation sites (N-methyl/N-ethyl adjacent to an activating group) is 1. The predicted molar refractivity (Wildman–Crippen MR) is 179 cm³/mol. The molecule has 0 fully saturated rings. The quantitative estimate of drug-likeness (QED) is 0.194. The highest BCUT2D eigenvalue weighted by Crippen LogP contribution is 2.31. The monoisotopic (exact) mass is 625 g/mol. The Balaban J connectivity index is 1.35. The van der Waals surface area contributed by atoms with Crippen LogP contribution in [-0.4, -0.2) is 78.9 Å². The Kier molecular flexibility index (Phi) is 9.92. The minimum absolute atomic E-state index is 0.188. The fourth-order valence-corrected chi connectivity index (χ4v) is 5.38. The van der Waals surface area contributed by atoms with Gasteiger partial charge >= 0.3 is 12.1 Å². The van der Waals surface area contributed by atoms with Gasteiger partial charge in [0.15, 0.2) is 0 Å². The fraction of sp³-hybridized carbons (Fsp3) is 0.286. The van der Waals surface area contributed by atoms with Crippen LogP contribution in [-0.2, 0) is 0 Å². The number of carbonyl (C=O) groups is 3. The summed E-state index contributed by atoms with van der Waals surface area (Å²) in [6.45, 7) is 4.01. The molecule has 240 valence electrons. The van der Waals surface area contributed by atoms with Crippen molar-refractivity contribution in [2.45, 2.75) is 26.0 Å². The molecule has 4 aromatic rings. The van der Waals surface area contributed by atoms with E-state index in [0.717, 1.165) is 10.8 Å². The first-order chi connectivity index (χ1) is 22.2. The highest BCUT2D eigenvalue weighted by atomic mass is 16.5. The summed E-state index contributed by atoms with van der Waals surface area (Å²) in [5.74, 6) is 0.486. The highest BCUT2D eigenvalue weighted by molar-refractivity contribution is 6.07. The van der Waals surface area contributed by atoms with Crippen LogP contribution in [0.15, 0.2) is 84.9 Å². The van der Waals surface area contributed by atoms with Gasteiger partial charge in [-0.05, 0) is 60.8 Å². The van der Waals surface area contributed by atoms with Crippen LogP contribution in [0.1, 0.15) is 24.2 Å². The molecule has 0 saturated heterocycles. The molecule has 0 aromatic heterocycles. The molecule has 0 saturated carbocycles. The van der Waals surface area contributed by atoms with Crippen LogP contribution >= 0.6 is 0 Å². The van der Waals surface area contributed by atoms with Crippen molar-refractivity contribution in [3.05, 3.63) is 90.5 Å². The first kappa shape index (κ1) is 32.1. The molecular formula is C35H39N5O6. The lowest BCUT2D eigenvalue weighted by Gasteiger charge is -2.38. The van der Waals surface area contributed by atoms with Crippen molar-refractivity contribution in [1.82, 2.24) is 9.80 Å². The molecular weight excluding hydrogens is 586 g/mol. The number of aliphatic hydroxyl groups excluding tert-OH is 1. The molecule has 5 rings (SSSR count). The number of nitrogens with zero attached hydrogens (tertiary/aromatic N) is 2. The summed E-state index contributed by atoms with van der Waals surface area (Å²) >= 11 is 0. The van der Waals surface area contributed by atoms with Crippen molar-refractivity contribution < 1.29 is 29.0 Å². The van der Waals surface area contributed by atoms with Crippen molar-refractivity contribution in [2.75, 3.05) is 49.8 Å². The molecule has 1 aliphatic heterocycles. The molecule has 11 heteroatoms. The number of rotatable bonds is 8. The zero-order valence-corrected chi connectivity index (χ0v) is 26.3. The Morgan fingerprint density at radius 3 is 2.46 bits per heavy atom. The smallest absolute Gasteiger partial charge is 0.323 e. The van der Waals surface area contributed by atoms with Crippen LogP contribution in [0.5, 0.6) is 11.5 Å². The SMILES string of the molecule is COc1ccc(NC(=O)N(C)C[C@@H]2Oc3ccc(NC(=O)Nc4cccc5ccccc45)cc3C(=O)N([C@H](C)CO)C[C@H]2C)cc1. The molecule has 1 heterocycles. The third-order valence-corrected chi connectivity index (χ3v) is 8.10. The van der Waals surface area contributed by atoms with Crippen LogP contribution in [0, 0.1) is 5.92 Å². The van der Waals surface area contributed by atoms with Crippen LogP contribution in [0.4, 0.5) is 26.7 Å². The average molecular weight is 626 g/mol. The van der Waals surface area contributed by atoms with Crippen LogP contribution in [0.25, 0.3) is 10.8 Å². The van der Waals surface area contributed by atoms with E-state index in [9.17, 15) is 19.5 Å². The van der Waals surface area contributed by atoms with Gasteiger partial charge in [-0.1, -0.05) is 43.3 Å². The number of nitrogens with one attached hydrogen (secondary N) is 3. The number of benzene rings is 4. The normalized spacial score (nSPS) is 16.7. The van der Waals surface area contributed by atoms with E-state index in [2.05, 4.69) is 16.0 Å². The minimum Gasteiger partial charge on any atom is -0.497 e. The van der Waals surface area contributed by atoms with E-state index in [1.165, 1.54) is 4.90 Å². The van der Waals surface area contributed by atoms with Gasteiger partial charge in [0.1, 0.15) is 17.6 Å². The maximum absolute atomic E-state index is 13.8. The molecule has 4 N–H and O–H groups in total. The predicted octanol–water partition coefficient (Wildman–Crippen LogP) is 5.88. The summed E-state index contributed by atoms with van der Waals surface area (Å²) in [7, 11) is 3.25. The number of hydrogen-bond acceptors (Lipinski definition) is 6. The maximum atomic E-state index is 13.8. The summed E-state index contributed by atoms with van der Waals surface area (Å²) in [5, 5.41) is 20.5. The van der Waals surface area contributed by atoms with Gasteiger partial charge < -0.3 is 40.3 Å². The topological polar surface area (TPSA) is 132 Å². The van der Waals surface area contributed by atoms with Gasteiger partial charge in [-0.25, -0.2) is 9.59 Å². The standard InChI is InChI=1S/C35H39N5O6/c1-22-19-40(23(2)21-41)33(42)29-18-26(36-34(43)38-30-11-7-9-24-8-5-6-10-28(24)30)14-17-31(29)46-32(22)20-39(3)35(44)37-25-12-15-27(45-4)16-13-25/h5-18,22-23,32,41H,19-21H2,1-4H3,(H,37,44)(H2,36,38,43)/t22-,23-,32+/m1/s1. The minimum atomic E-state index is -0.486. The number of fused-ring (bicyclic) bond motifs is 2. The lowest BCUT2D eigenvalue weighted by Crippen LogP contribution is -2.50. The number of methoxy groups -OCH3 is 1. The zero-order valence-electron chi connectivity index (χ0n) is 26.3. The molecule has 5 amide bonds. The summed E-state index contributed by atoms with van der Waals surface area (Å²) in [5.41, 5.74) is 1.91. The van der Waals surface area contributed by atoms with Crippen molar-refractivity contribution in [3.8, 4) is 11.5 Å². The highest BCUT2D eigenvalue weighted by Gasteiger charge is 2.34. The first-order valence-corrected chi connectivity index (χ1v) is 15.1. The van der Waals surface area contributed by atoms with Crippen molar-refractivity contribution in [3.63, 3.8) is 0 Å². The van der Waals surface area contributed by atoms with E-state index in [-0.39, 0.29) is 43.1 Å². The van der Waals surface area contributed by atoms with Crippen LogP contribution in [0.3, 0.4) is 0 Å². The molecule has 0 bridgehead atoms. The number of anilines is 3. The van der Waals surface area contributed by atoms with E-state index < -0.39 is 18.2 Å². The Bertz CT molecular complexity index is 1710. The second-order valence-corrected chi connectivity index (χ2v) is 11.5. The lowest BCUT2D eigenvalue weighted by atomic mass is 9.99. The van der Waals surface area contributed by atoms with E-state index in [1.54, 1.807) is 68.4 Å². The number of ether oxygens (including phenoxy) is 2. The molecule has 0 spiro atoms. The summed E-state index contributed by atoms with van der Waals surface area (Å²) in [4.78, 5) is 43.0. The molecule has 0 radical (unpaired) electrons. The second-order valence-electron chi connectivity index (χ2n) is 11.5. The largest absolute Gasteiger partial charge is 0.497 e. The third kappa shape index (κ3) is 7.32. The molecule has 1 aliphatic rings. The van der Waals surface area contributed by atoms with Crippen molar-refractivity contribution in [2.24, 2.45) is 5.92 Å². The summed E-state index contributed by atoms with van der Waals surface area (Å²) in [6.07, 6.45) is -0.486.